The fraction of sp³-hybridized carbons (Fsp3) is 0.235. The van der Waals surface area contributed by atoms with Crippen LogP contribution in [0.3, 0.4) is 0 Å². The summed E-state index contributed by atoms with van der Waals surface area (Å²) in [6.45, 7) is 3.24. The minimum atomic E-state index is -4.03. The molecule has 6 nitrogen and oxygen atoms in total. The number of anilines is 1. The first kappa shape index (κ1) is 20.5. The monoisotopic (exact) mass is 416 g/mol. The van der Waals surface area contributed by atoms with Crippen molar-refractivity contribution in [2.45, 2.75) is 24.8 Å². The van der Waals surface area contributed by atoms with E-state index in [1.54, 1.807) is 25.1 Å². The number of sulfonamides is 1. The molecule has 0 heterocycles. The van der Waals surface area contributed by atoms with Crippen LogP contribution in [-0.4, -0.2) is 27.5 Å². The van der Waals surface area contributed by atoms with Crippen LogP contribution in [0.5, 0.6) is 5.75 Å². The van der Waals surface area contributed by atoms with Crippen molar-refractivity contribution in [3.8, 4) is 5.75 Å². The molecule has 2 aromatic rings. The zero-order chi connectivity index (χ0) is 19.5. The molecule has 0 bridgehead atoms. The average Bonchev–Trinajstić information content (AvgIpc) is 2.57. The van der Waals surface area contributed by atoms with Gasteiger partial charge in [0.05, 0.1) is 13.2 Å². The van der Waals surface area contributed by atoms with Crippen molar-refractivity contribution in [1.29, 1.82) is 0 Å². The number of rotatable bonds is 6. The third kappa shape index (κ3) is 4.88. The number of amides is 1. The molecule has 0 aliphatic heterocycles. The van der Waals surface area contributed by atoms with Crippen LogP contribution in [0.25, 0.3) is 0 Å². The first-order valence-electron chi connectivity index (χ1n) is 7.57. The van der Waals surface area contributed by atoms with Gasteiger partial charge < -0.3 is 10.1 Å². The fourth-order valence-electron chi connectivity index (χ4n) is 2.18. The normalized spacial score (nSPS) is 12.5. The van der Waals surface area contributed by atoms with Crippen molar-refractivity contribution < 1.29 is 17.9 Å². The maximum Gasteiger partial charge on any atom is 0.245 e. The molecule has 2 N–H and O–H groups in total. The number of ether oxygens (including phenoxy) is 1. The van der Waals surface area contributed by atoms with Gasteiger partial charge >= 0.3 is 0 Å². The lowest BCUT2D eigenvalue weighted by molar-refractivity contribution is -0.117. The number of hydrogen-bond donors (Lipinski definition) is 2. The van der Waals surface area contributed by atoms with Crippen LogP contribution in [0.4, 0.5) is 5.69 Å². The van der Waals surface area contributed by atoms with Gasteiger partial charge in [-0.1, -0.05) is 29.3 Å². The molecule has 9 heteroatoms. The highest BCUT2D eigenvalue weighted by atomic mass is 35.5. The van der Waals surface area contributed by atoms with Gasteiger partial charge in [0, 0.05) is 15.7 Å². The third-order valence-electron chi connectivity index (χ3n) is 3.60. The van der Waals surface area contributed by atoms with Gasteiger partial charge in [-0.25, -0.2) is 8.42 Å². The van der Waals surface area contributed by atoms with Crippen LogP contribution >= 0.6 is 23.2 Å². The topological polar surface area (TPSA) is 84.5 Å². The quantitative estimate of drug-likeness (QED) is 0.752. The van der Waals surface area contributed by atoms with Crippen molar-refractivity contribution in [2.75, 3.05) is 12.4 Å². The van der Waals surface area contributed by atoms with E-state index >= 15 is 0 Å². The van der Waals surface area contributed by atoms with Gasteiger partial charge in [-0.2, -0.15) is 4.72 Å². The molecule has 0 fully saturated rings. The number of halogens is 2. The molecule has 0 aliphatic carbocycles. The predicted octanol–water partition coefficient (Wildman–Crippen LogP) is 3.62. The van der Waals surface area contributed by atoms with Crippen LogP contribution < -0.4 is 14.8 Å². The summed E-state index contributed by atoms with van der Waals surface area (Å²) < 4.78 is 32.6. The molecule has 0 saturated carbocycles. The summed E-state index contributed by atoms with van der Waals surface area (Å²) in [4.78, 5) is 12.2. The molecular formula is C17H18Cl2N2O4S. The zero-order valence-corrected chi connectivity index (χ0v) is 16.7. The van der Waals surface area contributed by atoms with Crippen molar-refractivity contribution in [1.82, 2.24) is 4.72 Å². The number of methoxy groups -OCH3 is 1. The van der Waals surface area contributed by atoms with E-state index in [9.17, 15) is 13.2 Å². The lowest BCUT2D eigenvalue weighted by Gasteiger charge is -2.17. The molecule has 0 spiro atoms. The van der Waals surface area contributed by atoms with E-state index in [-0.39, 0.29) is 15.7 Å². The van der Waals surface area contributed by atoms with Gasteiger partial charge in [-0.05, 0) is 49.7 Å². The smallest absolute Gasteiger partial charge is 0.245 e. The van der Waals surface area contributed by atoms with E-state index in [1.165, 1.54) is 32.2 Å². The highest BCUT2D eigenvalue weighted by molar-refractivity contribution is 7.89. The lowest BCUT2D eigenvalue weighted by atomic mass is 10.2. The molecule has 1 atom stereocenters. The minimum Gasteiger partial charge on any atom is -0.495 e. The van der Waals surface area contributed by atoms with Crippen LogP contribution in [0.15, 0.2) is 41.3 Å². The lowest BCUT2D eigenvalue weighted by Crippen LogP contribution is -2.41. The molecule has 140 valence electrons. The van der Waals surface area contributed by atoms with Crippen LogP contribution in [0, 0.1) is 6.92 Å². The molecule has 0 aromatic heterocycles. The molecule has 1 amide bonds. The van der Waals surface area contributed by atoms with Crippen LogP contribution in [-0.2, 0) is 14.8 Å². The summed E-state index contributed by atoms with van der Waals surface area (Å²) >= 11 is 11.8. The molecule has 0 unspecified atom stereocenters. The van der Waals surface area contributed by atoms with Gasteiger partial charge in [0.2, 0.25) is 15.9 Å². The first-order chi connectivity index (χ1) is 12.1. The van der Waals surface area contributed by atoms with Gasteiger partial charge in [0.25, 0.3) is 0 Å². The fourth-order valence-corrected chi connectivity index (χ4v) is 3.99. The van der Waals surface area contributed by atoms with Crippen molar-refractivity contribution in [3.05, 3.63) is 52.0 Å². The second kappa shape index (κ2) is 8.26. The van der Waals surface area contributed by atoms with E-state index in [0.29, 0.717) is 10.7 Å². The SMILES string of the molecule is COc1ccc(Cl)cc1S(=O)(=O)N[C@@H](C)C(=O)Nc1cc(Cl)ccc1C. The Morgan fingerprint density at radius 2 is 1.73 bits per heavy atom. The van der Waals surface area contributed by atoms with Crippen LogP contribution in [0.2, 0.25) is 10.0 Å². The summed E-state index contributed by atoms with van der Waals surface area (Å²) in [6, 6.07) is 8.22. The summed E-state index contributed by atoms with van der Waals surface area (Å²) in [6.07, 6.45) is 0. The second-order valence-corrected chi connectivity index (χ2v) is 8.14. The van der Waals surface area contributed by atoms with Gasteiger partial charge in [0.1, 0.15) is 10.6 Å². The molecule has 0 aliphatic rings. The Hall–Kier alpha value is -1.80. The van der Waals surface area contributed by atoms with Gasteiger partial charge in [-0.3, -0.25) is 4.79 Å². The number of carbonyl (C=O) groups excluding carboxylic acids is 1. The van der Waals surface area contributed by atoms with Crippen LogP contribution in [0.1, 0.15) is 12.5 Å². The maximum atomic E-state index is 12.6. The maximum absolute atomic E-state index is 12.6. The van der Waals surface area contributed by atoms with Crippen molar-refractivity contribution in [2.24, 2.45) is 0 Å². The summed E-state index contributed by atoms with van der Waals surface area (Å²) in [5.41, 5.74) is 1.31. The summed E-state index contributed by atoms with van der Waals surface area (Å²) in [5, 5.41) is 3.35. The van der Waals surface area contributed by atoms with E-state index in [2.05, 4.69) is 10.0 Å². The third-order valence-corrected chi connectivity index (χ3v) is 5.63. The Morgan fingerprint density at radius 3 is 2.38 bits per heavy atom. The number of aryl methyl sites for hydroxylation is 1. The molecule has 0 saturated heterocycles. The summed E-state index contributed by atoms with van der Waals surface area (Å²) in [5.74, 6) is -0.403. The van der Waals surface area contributed by atoms with E-state index in [0.717, 1.165) is 5.56 Å². The van der Waals surface area contributed by atoms with E-state index in [1.807, 2.05) is 0 Å². The highest BCUT2D eigenvalue weighted by Crippen LogP contribution is 2.27. The number of nitrogens with one attached hydrogen (secondary N) is 2. The highest BCUT2D eigenvalue weighted by Gasteiger charge is 2.25. The molecule has 2 aromatic carbocycles. The van der Waals surface area contributed by atoms with Crippen molar-refractivity contribution >= 4 is 44.8 Å². The van der Waals surface area contributed by atoms with Gasteiger partial charge in [0.15, 0.2) is 0 Å². The zero-order valence-electron chi connectivity index (χ0n) is 14.3. The Morgan fingerprint density at radius 1 is 1.12 bits per heavy atom. The average molecular weight is 417 g/mol. The standard InChI is InChI=1S/C17H18Cl2N2O4S/c1-10-4-5-12(18)8-14(10)20-17(22)11(2)21-26(23,24)16-9-13(19)6-7-15(16)25-3/h4-9,11,21H,1-3H3,(H,20,22)/t11-/m0/s1. The number of carbonyl (C=O) groups is 1. The number of benzene rings is 2. The Bertz CT molecular complexity index is 932. The Labute approximate surface area is 162 Å². The molecular weight excluding hydrogens is 399 g/mol. The Kier molecular flexibility index (Phi) is 6.52. The molecule has 26 heavy (non-hydrogen) atoms. The van der Waals surface area contributed by atoms with E-state index < -0.39 is 22.0 Å². The first-order valence-corrected chi connectivity index (χ1v) is 9.81. The Balaban J connectivity index is 2.20. The predicted molar refractivity (Wildman–Crippen MR) is 103 cm³/mol. The molecule has 2 rings (SSSR count). The molecule has 0 radical (unpaired) electrons. The van der Waals surface area contributed by atoms with E-state index in [4.69, 9.17) is 27.9 Å². The summed E-state index contributed by atoms with van der Waals surface area (Å²) in [7, 11) is -2.68. The number of hydrogen-bond acceptors (Lipinski definition) is 4. The largest absolute Gasteiger partial charge is 0.495 e. The van der Waals surface area contributed by atoms with Gasteiger partial charge in [-0.15, -0.1) is 0 Å². The van der Waals surface area contributed by atoms with Crippen molar-refractivity contribution in [3.63, 3.8) is 0 Å². The second-order valence-electron chi connectivity index (χ2n) is 5.59. The minimum absolute atomic E-state index is 0.125.